The van der Waals surface area contributed by atoms with Crippen molar-refractivity contribution in [2.45, 2.75) is 31.1 Å². The lowest BCUT2D eigenvalue weighted by atomic mass is 10.0. The number of nitriles is 1. The molecule has 0 radical (unpaired) electrons. The standard InChI is InChI=1S/C23H21F3N6/c24-23(25,26)19-5-6-20(28-13-19)32-10-9-31(15-22(32)7-8-22)14-18-12-29-30-21(18)17-3-1-16(11-27)2-4-17/h1-6,12-13H,7-10,14-15H2,(H,29,30). The molecule has 1 saturated heterocycles. The van der Waals surface area contributed by atoms with E-state index >= 15 is 0 Å². The fourth-order valence-electron chi connectivity index (χ4n) is 4.47. The first-order valence-electron chi connectivity index (χ1n) is 10.4. The molecule has 0 atom stereocenters. The predicted molar refractivity (Wildman–Crippen MR) is 113 cm³/mol. The Morgan fingerprint density at radius 1 is 1.09 bits per heavy atom. The van der Waals surface area contributed by atoms with Crippen LogP contribution in [0.25, 0.3) is 11.3 Å². The maximum Gasteiger partial charge on any atom is 0.417 e. The van der Waals surface area contributed by atoms with Crippen molar-refractivity contribution in [1.82, 2.24) is 20.1 Å². The first-order chi connectivity index (χ1) is 15.4. The first kappa shape index (κ1) is 20.5. The Morgan fingerprint density at radius 2 is 1.88 bits per heavy atom. The molecule has 1 aliphatic carbocycles. The molecule has 2 fully saturated rings. The van der Waals surface area contributed by atoms with Gasteiger partial charge in [-0.05, 0) is 37.1 Å². The van der Waals surface area contributed by atoms with E-state index in [1.807, 2.05) is 18.3 Å². The van der Waals surface area contributed by atoms with Crippen LogP contribution in [0.2, 0.25) is 0 Å². The fraction of sp³-hybridized carbons (Fsp3) is 0.348. The van der Waals surface area contributed by atoms with Crippen molar-refractivity contribution in [3.63, 3.8) is 0 Å². The van der Waals surface area contributed by atoms with Crippen molar-refractivity contribution in [1.29, 1.82) is 5.26 Å². The van der Waals surface area contributed by atoms with Gasteiger partial charge in [0.05, 0.1) is 28.4 Å². The number of nitrogens with one attached hydrogen (secondary N) is 1. The van der Waals surface area contributed by atoms with E-state index in [9.17, 15) is 13.2 Å². The van der Waals surface area contributed by atoms with E-state index in [-0.39, 0.29) is 5.54 Å². The number of benzene rings is 1. The van der Waals surface area contributed by atoms with Gasteiger partial charge < -0.3 is 4.90 Å². The second kappa shape index (κ2) is 7.64. The third-order valence-corrected chi connectivity index (χ3v) is 6.31. The van der Waals surface area contributed by atoms with Crippen molar-refractivity contribution in [3.8, 4) is 17.3 Å². The lowest BCUT2D eigenvalue weighted by Gasteiger charge is -2.43. The number of alkyl halides is 3. The normalized spacial score (nSPS) is 18.0. The number of pyridine rings is 1. The number of hydrogen-bond donors (Lipinski definition) is 1. The number of rotatable bonds is 4. The molecule has 32 heavy (non-hydrogen) atoms. The van der Waals surface area contributed by atoms with Crippen molar-refractivity contribution < 1.29 is 13.2 Å². The lowest BCUT2D eigenvalue weighted by Crippen LogP contribution is -2.55. The molecule has 5 rings (SSSR count). The molecule has 1 aliphatic heterocycles. The summed E-state index contributed by atoms with van der Waals surface area (Å²) in [6, 6.07) is 12.1. The van der Waals surface area contributed by atoms with Gasteiger partial charge in [-0.3, -0.25) is 10.00 Å². The average molecular weight is 438 g/mol. The zero-order valence-electron chi connectivity index (χ0n) is 17.2. The number of H-pyrrole nitrogens is 1. The molecule has 6 nitrogen and oxygen atoms in total. The number of halogens is 3. The summed E-state index contributed by atoms with van der Waals surface area (Å²) in [7, 11) is 0. The zero-order valence-corrected chi connectivity index (χ0v) is 17.2. The molecule has 164 valence electrons. The number of aromatic nitrogens is 3. The van der Waals surface area contributed by atoms with Crippen molar-refractivity contribution >= 4 is 5.82 Å². The molecular formula is C23H21F3N6. The van der Waals surface area contributed by atoms with Crippen LogP contribution in [0.4, 0.5) is 19.0 Å². The van der Waals surface area contributed by atoms with Gasteiger partial charge in [0.1, 0.15) is 5.82 Å². The Hall–Kier alpha value is -3.38. The van der Waals surface area contributed by atoms with Crippen LogP contribution >= 0.6 is 0 Å². The van der Waals surface area contributed by atoms with Crippen molar-refractivity contribution in [3.05, 3.63) is 65.5 Å². The number of piperazine rings is 1. The minimum absolute atomic E-state index is 0.0661. The summed E-state index contributed by atoms with van der Waals surface area (Å²) in [4.78, 5) is 8.66. The first-order valence-corrected chi connectivity index (χ1v) is 10.4. The quantitative estimate of drug-likeness (QED) is 0.661. The van der Waals surface area contributed by atoms with Crippen molar-refractivity contribution in [2.75, 3.05) is 24.5 Å². The lowest BCUT2D eigenvalue weighted by molar-refractivity contribution is -0.137. The Morgan fingerprint density at radius 3 is 2.50 bits per heavy atom. The molecule has 1 N–H and O–H groups in total. The van der Waals surface area contributed by atoms with Gasteiger partial charge in [0.2, 0.25) is 0 Å². The monoisotopic (exact) mass is 438 g/mol. The van der Waals surface area contributed by atoms with Crippen LogP contribution in [0.15, 0.2) is 48.8 Å². The van der Waals surface area contributed by atoms with E-state index in [0.29, 0.717) is 17.9 Å². The number of aromatic amines is 1. The topological polar surface area (TPSA) is 71.8 Å². The molecular weight excluding hydrogens is 417 g/mol. The Balaban J connectivity index is 1.29. The SMILES string of the molecule is N#Cc1ccc(-c2n[nH]cc2CN2CCN(c3ccc(C(F)(F)F)cn3)C3(CC3)C2)cc1. The molecule has 0 unspecified atom stereocenters. The average Bonchev–Trinajstić information content (AvgIpc) is 3.38. The van der Waals surface area contributed by atoms with Crippen LogP contribution < -0.4 is 4.90 Å². The summed E-state index contributed by atoms with van der Waals surface area (Å²) in [6.45, 7) is 3.04. The molecule has 2 aromatic heterocycles. The van der Waals surface area contributed by atoms with Gasteiger partial charge in [-0.2, -0.15) is 23.5 Å². The predicted octanol–water partition coefficient (Wildman–Crippen LogP) is 4.22. The van der Waals surface area contributed by atoms with Crippen LogP contribution in [0, 0.1) is 11.3 Å². The molecule has 0 bridgehead atoms. The van der Waals surface area contributed by atoms with E-state index in [4.69, 9.17) is 5.26 Å². The summed E-state index contributed by atoms with van der Waals surface area (Å²) in [5, 5.41) is 16.4. The van der Waals surface area contributed by atoms with Crippen LogP contribution in [-0.4, -0.2) is 45.3 Å². The van der Waals surface area contributed by atoms with E-state index in [1.165, 1.54) is 6.07 Å². The molecule has 1 aromatic carbocycles. The highest BCUT2D eigenvalue weighted by molar-refractivity contribution is 5.63. The molecule has 3 aromatic rings. The number of anilines is 1. The molecule has 1 spiro atoms. The highest BCUT2D eigenvalue weighted by Gasteiger charge is 2.51. The fourth-order valence-corrected chi connectivity index (χ4v) is 4.47. The smallest absolute Gasteiger partial charge is 0.348 e. The van der Waals surface area contributed by atoms with E-state index in [2.05, 4.69) is 31.1 Å². The maximum absolute atomic E-state index is 12.9. The van der Waals surface area contributed by atoms with Crippen LogP contribution in [0.5, 0.6) is 0 Å². The summed E-state index contributed by atoms with van der Waals surface area (Å²) >= 11 is 0. The minimum Gasteiger partial charge on any atom is -0.348 e. The van der Waals surface area contributed by atoms with Gasteiger partial charge >= 0.3 is 6.18 Å². The molecule has 1 saturated carbocycles. The summed E-state index contributed by atoms with van der Waals surface area (Å²) in [5.74, 6) is 0.608. The Kier molecular flexibility index (Phi) is 4.90. The van der Waals surface area contributed by atoms with Gasteiger partial charge in [-0.15, -0.1) is 0 Å². The summed E-state index contributed by atoms with van der Waals surface area (Å²) in [6.07, 6.45) is 0.447. The van der Waals surface area contributed by atoms with Crippen LogP contribution in [0.1, 0.15) is 29.5 Å². The largest absolute Gasteiger partial charge is 0.417 e. The minimum atomic E-state index is -4.38. The maximum atomic E-state index is 12.9. The molecule has 3 heterocycles. The molecule has 2 aliphatic rings. The van der Waals surface area contributed by atoms with Gasteiger partial charge in [0.15, 0.2) is 0 Å². The molecule has 9 heteroatoms. The van der Waals surface area contributed by atoms with Crippen LogP contribution in [-0.2, 0) is 12.7 Å². The van der Waals surface area contributed by atoms with Gasteiger partial charge in [0.25, 0.3) is 0 Å². The zero-order chi connectivity index (χ0) is 22.3. The highest BCUT2D eigenvalue weighted by atomic mass is 19.4. The van der Waals surface area contributed by atoms with E-state index in [0.717, 1.165) is 61.6 Å². The second-order valence-corrected chi connectivity index (χ2v) is 8.44. The van der Waals surface area contributed by atoms with E-state index < -0.39 is 11.7 Å². The van der Waals surface area contributed by atoms with E-state index in [1.54, 1.807) is 12.1 Å². The van der Waals surface area contributed by atoms with Crippen molar-refractivity contribution in [2.24, 2.45) is 0 Å². The Labute approximate surface area is 183 Å². The molecule has 0 amide bonds. The summed E-state index contributed by atoms with van der Waals surface area (Å²) in [5.41, 5.74) is 2.71. The number of nitrogens with zero attached hydrogens (tertiary/aromatic N) is 5. The van der Waals surface area contributed by atoms with Gasteiger partial charge in [-0.25, -0.2) is 4.98 Å². The van der Waals surface area contributed by atoms with Crippen LogP contribution in [0.3, 0.4) is 0 Å². The Bertz CT molecular complexity index is 1140. The number of hydrogen-bond acceptors (Lipinski definition) is 5. The van der Waals surface area contributed by atoms with Gasteiger partial charge in [-0.1, -0.05) is 12.1 Å². The third-order valence-electron chi connectivity index (χ3n) is 6.31. The second-order valence-electron chi connectivity index (χ2n) is 8.44. The summed E-state index contributed by atoms with van der Waals surface area (Å²) < 4.78 is 38.6. The third kappa shape index (κ3) is 3.82. The van der Waals surface area contributed by atoms with Gasteiger partial charge in [0, 0.05) is 49.7 Å². The highest BCUT2D eigenvalue weighted by Crippen LogP contribution is 2.46.